The number of imidazole rings is 1. The Bertz CT molecular complexity index is 979. The number of unbranched alkanes of at least 4 members (excludes halogenated alkanes) is 2. The first-order chi connectivity index (χ1) is 14.1. The molecule has 5 nitrogen and oxygen atoms in total. The van der Waals surface area contributed by atoms with Crippen LogP contribution in [0.4, 0.5) is 5.69 Å². The fourth-order valence-corrected chi connectivity index (χ4v) is 4.15. The molecule has 0 atom stereocenters. The van der Waals surface area contributed by atoms with Crippen molar-refractivity contribution in [3.05, 3.63) is 54.1 Å². The molecule has 0 aliphatic carbocycles. The van der Waals surface area contributed by atoms with E-state index >= 15 is 0 Å². The number of carbonyl (C=O) groups excluding carboxylic acids is 2. The average Bonchev–Trinajstić information content (AvgIpc) is 3.10. The predicted octanol–water partition coefficient (Wildman–Crippen LogP) is 5.55. The molecule has 0 saturated heterocycles. The fourth-order valence-electron chi connectivity index (χ4n) is 3.18. The monoisotopic (exact) mass is 409 g/mol. The molecule has 0 aliphatic heterocycles. The summed E-state index contributed by atoms with van der Waals surface area (Å²) in [5.74, 6) is 0.392. The molecule has 1 N–H and O–H groups in total. The minimum absolute atomic E-state index is 0.0200. The minimum atomic E-state index is 0.0200. The summed E-state index contributed by atoms with van der Waals surface area (Å²) < 4.78 is 2.13. The Morgan fingerprint density at radius 2 is 1.79 bits per heavy atom. The number of fused-ring (bicyclic) bond motifs is 1. The third-order valence-corrected chi connectivity index (χ3v) is 5.74. The van der Waals surface area contributed by atoms with Crippen molar-refractivity contribution in [1.82, 2.24) is 9.55 Å². The molecule has 3 rings (SSSR count). The second-order valence-corrected chi connectivity index (χ2v) is 7.86. The Morgan fingerprint density at radius 1 is 1.03 bits per heavy atom. The maximum atomic E-state index is 12.6. The summed E-state index contributed by atoms with van der Waals surface area (Å²) in [6, 6.07) is 15.1. The first kappa shape index (κ1) is 21.1. The molecule has 152 valence electrons. The Labute approximate surface area is 175 Å². The van der Waals surface area contributed by atoms with Gasteiger partial charge in [0.1, 0.15) is 0 Å². The lowest BCUT2D eigenvalue weighted by atomic mass is 10.1. The first-order valence-corrected chi connectivity index (χ1v) is 11.1. The summed E-state index contributed by atoms with van der Waals surface area (Å²) in [6.07, 6.45) is 3.59. The molecule has 2 aromatic carbocycles. The number of nitrogens with one attached hydrogen (secondary N) is 1. The van der Waals surface area contributed by atoms with Gasteiger partial charge in [0.25, 0.3) is 0 Å². The van der Waals surface area contributed by atoms with Crippen LogP contribution in [-0.2, 0) is 11.3 Å². The van der Waals surface area contributed by atoms with E-state index in [0.717, 1.165) is 47.7 Å². The van der Waals surface area contributed by atoms with Gasteiger partial charge in [-0.2, -0.15) is 0 Å². The van der Waals surface area contributed by atoms with Crippen molar-refractivity contribution in [3.63, 3.8) is 0 Å². The van der Waals surface area contributed by atoms with Crippen molar-refractivity contribution >= 4 is 40.2 Å². The molecular formula is C23H27N3O2S. The SMILES string of the molecule is CCCCCC(=O)Nc1ccc(C(=O)CSc2nc3ccccc3n2CC)cc1. The van der Waals surface area contributed by atoms with Crippen LogP contribution in [0.25, 0.3) is 11.0 Å². The number of aryl methyl sites for hydroxylation is 1. The Kier molecular flexibility index (Phi) is 7.47. The number of Topliss-reactive ketones (excluding diaryl/α,β-unsaturated/α-hetero) is 1. The molecule has 0 saturated carbocycles. The van der Waals surface area contributed by atoms with Gasteiger partial charge in [0.15, 0.2) is 10.9 Å². The van der Waals surface area contributed by atoms with E-state index in [0.29, 0.717) is 17.7 Å². The number of rotatable bonds is 10. The minimum Gasteiger partial charge on any atom is -0.326 e. The number of thioether (sulfide) groups is 1. The van der Waals surface area contributed by atoms with E-state index in [-0.39, 0.29) is 11.7 Å². The van der Waals surface area contributed by atoms with Gasteiger partial charge in [-0.1, -0.05) is 43.7 Å². The molecule has 1 amide bonds. The first-order valence-electron chi connectivity index (χ1n) is 10.1. The Hall–Kier alpha value is -2.60. The Morgan fingerprint density at radius 3 is 2.52 bits per heavy atom. The molecule has 1 heterocycles. The lowest BCUT2D eigenvalue weighted by molar-refractivity contribution is -0.116. The van der Waals surface area contributed by atoms with Crippen molar-refractivity contribution in [2.24, 2.45) is 0 Å². The molecule has 0 aliphatic rings. The number of anilines is 1. The number of nitrogens with zero attached hydrogens (tertiary/aromatic N) is 2. The third kappa shape index (κ3) is 5.48. The van der Waals surface area contributed by atoms with E-state index in [1.165, 1.54) is 11.8 Å². The highest BCUT2D eigenvalue weighted by atomic mass is 32.2. The molecule has 1 aromatic heterocycles. The number of ketones is 1. The topological polar surface area (TPSA) is 64.0 Å². The van der Waals surface area contributed by atoms with Crippen LogP contribution >= 0.6 is 11.8 Å². The highest BCUT2D eigenvalue weighted by molar-refractivity contribution is 7.99. The van der Waals surface area contributed by atoms with Crippen molar-refractivity contribution in [2.75, 3.05) is 11.1 Å². The van der Waals surface area contributed by atoms with Crippen molar-refractivity contribution < 1.29 is 9.59 Å². The average molecular weight is 410 g/mol. The van der Waals surface area contributed by atoms with Crippen LogP contribution in [-0.4, -0.2) is 27.0 Å². The zero-order chi connectivity index (χ0) is 20.6. The van der Waals surface area contributed by atoms with E-state index in [2.05, 4.69) is 28.7 Å². The van der Waals surface area contributed by atoms with E-state index in [1.807, 2.05) is 24.3 Å². The fraction of sp³-hybridized carbons (Fsp3) is 0.348. The summed E-state index contributed by atoms with van der Waals surface area (Å²) >= 11 is 1.46. The highest BCUT2D eigenvalue weighted by Gasteiger charge is 2.13. The van der Waals surface area contributed by atoms with Gasteiger partial charge in [-0.05, 0) is 49.7 Å². The van der Waals surface area contributed by atoms with Crippen molar-refractivity contribution in [1.29, 1.82) is 0 Å². The Balaban J connectivity index is 1.58. The molecule has 0 fully saturated rings. The summed E-state index contributed by atoms with van der Waals surface area (Å²) in [5.41, 5.74) is 3.40. The van der Waals surface area contributed by atoms with Crippen LogP contribution in [0.15, 0.2) is 53.7 Å². The van der Waals surface area contributed by atoms with Crippen LogP contribution in [0.3, 0.4) is 0 Å². The normalized spacial score (nSPS) is 11.0. The van der Waals surface area contributed by atoms with Gasteiger partial charge in [-0.3, -0.25) is 9.59 Å². The van der Waals surface area contributed by atoms with Gasteiger partial charge < -0.3 is 9.88 Å². The van der Waals surface area contributed by atoms with Gasteiger partial charge in [-0.25, -0.2) is 4.98 Å². The number of hydrogen-bond acceptors (Lipinski definition) is 4. The molecule has 0 unspecified atom stereocenters. The predicted molar refractivity (Wildman–Crippen MR) is 120 cm³/mol. The van der Waals surface area contributed by atoms with Crippen molar-refractivity contribution in [2.45, 2.75) is 51.2 Å². The number of amides is 1. The van der Waals surface area contributed by atoms with Gasteiger partial charge in [0.05, 0.1) is 16.8 Å². The van der Waals surface area contributed by atoms with Crippen LogP contribution < -0.4 is 5.32 Å². The van der Waals surface area contributed by atoms with Gasteiger partial charge >= 0.3 is 0 Å². The summed E-state index contributed by atoms with van der Waals surface area (Å²) in [5, 5.41) is 3.75. The summed E-state index contributed by atoms with van der Waals surface area (Å²) in [4.78, 5) is 29.2. The molecule has 29 heavy (non-hydrogen) atoms. The third-order valence-electron chi connectivity index (χ3n) is 4.77. The molecular weight excluding hydrogens is 382 g/mol. The number of carbonyl (C=O) groups is 2. The lowest BCUT2D eigenvalue weighted by Crippen LogP contribution is -2.11. The maximum Gasteiger partial charge on any atom is 0.224 e. The van der Waals surface area contributed by atoms with Crippen LogP contribution in [0.1, 0.15) is 49.9 Å². The van der Waals surface area contributed by atoms with Gasteiger partial charge in [0.2, 0.25) is 5.91 Å². The quantitative estimate of drug-likeness (QED) is 0.271. The standard InChI is InChI=1S/C23H27N3O2S/c1-3-5-6-11-22(28)24-18-14-12-17(13-15-18)21(27)16-29-23-25-19-9-7-8-10-20(19)26(23)4-2/h7-10,12-15H,3-6,11,16H2,1-2H3,(H,24,28). The van der Waals surface area contributed by atoms with E-state index in [4.69, 9.17) is 0 Å². The molecule has 0 bridgehead atoms. The zero-order valence-electron chi connectivity index (χ0n) is 17.0. The number of para-hydroxylation sites is 2. The highest BCUT2D eigenvalue weighted by Crippen LogP contribution is 2.25. The largest absolute Gasteiger partial charge is 0.326 e. The second-order valence-electron chi connectivity index (χ2n) is 6.92. The van der Waals surface area contributed by atoms with E-state index in [9.17, 15) is 9.59 Å². The molecule has 3 aromatic rings. The second kappa shape index (κ2) is 10.3. The number of aromatic nitrogens is 2. The number of hydrogen-bond donors (Lipinski definition) is 1. The molecule has 0 spiro atoms. The van der Waals surface area contributed by atoms with Gasteiger partial charge in [-0.15, -0.1) is 0 Å². The van der Waals surface area contributed by atoms with E-state index in [1.54, 1.807) is 24.3 Å². The molecule has 0 radical (unpaired) electrons. The van der Waals surface area contributed by atoms with E-state index < -0.39 is 0 Å². The zero-order valence-corrected chi connectivity index (χ0v) is 17.8. The summed E-state index contributed by atoms with van der Waals surface area (Å²) in [6.45, 7) is 5.00. The van der Waals surface area contributed by atoms with Crippen LogP contribution in [0.5, 0.6) is 0 Å². The van der Waals surface area contributed by atoms with Crippen LogP contribution in [0, 0.1) is 0 Å². The summed E-state index contributed by atoms with van der Waals surface area (Å²) in [7, 11) is 0. The van der Waals surface area contributed by atoms with Crippen LogP contribution in [0.2, 0.25) is 0 Å². The maximum absolute atomic E-state index is 12.6. The smallest absolute Gasteiger partial charge is 0.224 e. The number of benzene rings is 2. The van der Waals surface area contributed by atoms with Gasteiger partial charge in [0, 0.05) is 24.2 Å². The van der Waals surface area contributed by atoms with Crippen molar-refractivity contribution in [3.8, 4) is 0 Å². The lowest BCUT2D eigenvalue weighted by Gasteiger charge is -2.07. The molecule has 6 heteroatoms.